The van der Waals surface area contributed by atoms with Crippen LogP contribution in [0.5, 0.6) is 5.75 Å². The quantitative estimate of drug-likeness (QED) is 0.705. The van der Waals surface area contributed by atoms with E-state index < -0.39 is 6.10 Å². The number of hydrogen-bond acceptors (Lipinski definition) is 5. The number of aliphatic hydroxyl groups is 1. The molecule has 0 amide bonds. The Morgan fingerprint density at radius 1 is 1.28 bits per heavy atom. The van der Waals surface area contributed by atoms with Crippen molar-refractivity contribution in [1.29, 1.82) is 0 Å². The highest BCUT2D eigenvalue weighted by atomic mass is 16.5. The third kappa shape index (κ3) is 5.17. The van der Waals surface area contributed by atoms with Crippen molar-refractivity contribution in [2.45, 2.75) is 57.4 Å². The molecule has 2 aliphatic rings. The Kier molecular flexibility index (Phi) is 6.70. The summed E-state index contributed by atoms with van der Waals surface area (Å²) in [5, 5.41) is 17.7. The van der Waals surface area contributed by atoms with Crippen LogP contribution < -0.4 is 15.4 Å². The molecule has 0 aromatic heterocycles. The van der Waals surface area contributed by atoms with Crippen molar-refractivity contribution in [1.82, 2.24) is 10.6 Å². The summed E-state index contributed by atoms with van der Waals surface area (Å²) in [6.45, 7) is 7.17. The molecule has 1 aliphatic heterocycles. The number of rotatable bonds is 7. The summed E-state index contributed by atoms with van der Waals surface area (Å²) >= 11 is 0. The minimum Gasteiger partial charge on any atom is -0.491 e. The van der Waals surface area contributed by atoms with Crippen molar-refractivity contribution in [3.63, 3.8) is 0 Å². The molecule has 4 unspecified atom stereocenters. The monoisotopic (exact) mass is 348 g/mol. The smallest absolute Gasteiger partial charge is 0.119 e. The van der Waals surface area contributed by atoms with Gasteiger partial charge < -0.3 is 25.2 Å². The number of benzene rings is 1. The van der Waals surface area contributed by atoms with Crippen LogP contribution in [0, 0.1) is 5.92 Å². The Labute approximate surface area is 151 Å². The zero-order valence-corrected chi connectivity index (χ0v) is 15.4. The van der Waals surface area contributed by atoms with Gasteiger partial charge in [-0.1, -0.05) is 18.6 Å². The molecule has 5 heteroatoms. The minimum absolute atomic E-state index is 0.161. The molecule has 2 fully saturated rings. The predicted molar refractivity (Wildman–Crippen MR) is 98.9 cm³/mol. The standard InChI is InChI=1S/C20H32N2O3/c1-14(2)25-16-8-6-15(7-9-16)20(23)12-22-18-5-3-4-17(18)19-13-24-11-10-21-19/h6-9,14,17-23H,3-5,10-13H2,1-2H3. The van der Waals surface area contributed by atoms with Crippen LogP contribution in [0.25, 0.3) is 0 Å². The van der Waals surface area contributed by atoms with Gasteiger partial charge in [0.15, 0.2) is 0 Å². The normalized spacial score (nSPS) is 28.2. The van der Waals surface area contributed by atoms with Crippen LogP contribution in [-0.2, 0) is 4.74 Å². The Balaban J connectivity index is 1.50. The molecule has 5 nitrogen and oxygen atoms in total. The van der Waals surface area contributed by atoms with Crippen LogP contribution >= 0.6 is 0 Å². The van der Waals surface area contributed by atoms with Crippen LogP contribution in [0.4, 0.5) is 0 Å². The first-order valence-electron chi connectivity index (χ1n) is 9.62. The van der Waals surface area contributed by atoms with E-state index in [2.05, 4.69) is 10.6 Å². The van der Waals surface area contributed by atoms with E-state index in [-0.39, 0.29) is 6.10 Å². The molecule has 3 N–H and O–H groups in total. The average Bonchev–Trinajstić information content (AvgIpc) is 3.09. The van der Waals surface area contributed by atoms with E-state index >= 15 is 0 Å². The summed E-state index contributed by atoms with van der Waals surface area (Å²) in [7, 11) is 0. The molecule has 3 rings (SSSR count). The summed E-state index contributed by atoms with van der Waals surface area (Å²) in [6, 6.07) is 8.66. The molecule has 1 aliphatic carbocycles. The minimum atomic E-state index is -0.495. The van der Waals surface area contributed by atoms with Crippen molar-refractivity contribution >= 4 is 0 Å². The fourth-order valence-electron chi connectivity index (χ4n) is 4.01. The van der Waals surface area contributed by atoms with Gasteiger partial charge in [-0.05, 0) is 50.3 Å². The second-order valence-corrected chi connectivity index (χ2v) is 7.50. The first-order valence-corrected chi connectivity index (χ1v) is 9.62. The summed E-state index contributed by atoms with van der Waals surface area (Å²) in [6.07, 6.45) is 3.32. The molecular weight excluding hydrogens is 316 g/mol. The number of aliphatic hydroxyl groups excluding tert-OH is 1. The molecule has 1 saturated heterocycles. The Morgan fingerprint density at radius 3 is 2.76 bits per heavy atom. The number of nitrogens with one attached hydrogen (secondary N) is 2. The van der Waals surface area contributed by atoms with Crippen LogP contribution in [0.1, 0.15) is 44.8 Å². The van der Waals surface area contributed by atoms with E-state index in [0.29, 0.717) is 24.5 Å². The highest BCUT2D eigenvalue weighted by Gasteiger charge is 2.34. The average molecular weight is 348 g/mol. The van der Waals surface area contributed by atoms with Crippen molar-refractivity contribution in [2.75, 3.05) is 26.3 Å². The van der Waals surface area contributed by atoms with Gasteiger partial charge in [-0.2, -0.15) is 0 Å². The fraction of sp³-hybridized carbons (Fsp3) is 0.700. The molecule has 0 radical (unpaired) electrons. The van der Waals surface area contributed by atoms with E-state index in [9.17, 15) is 5.11 Å². The van der Waals surface area contributed by atoms with E-state index in [0.717, 1.165) is 31.1 Å². The molecule has 140 valence electrons. The van der Waals surface area contributed by atoms with Gasteiger partial charge in [0.1, 0.15) is 5.75 Å². The zero-order valence-electron chi connectivity index (χ0n) is 15.4. The lowest BCUT2D eigenvalue weighted by atomic mass is 9.93. The van der Waals surface area contributed by atoms with E-state index in [1.165, 1.54) is 19.3 Å². The van der Waals surface area contributed by atoms with Gasteiger partial charge >= 0.3 is 0 Å². The molecule has 1 aromatic rings. The van der Waals surface area contributed by atoms with Crippen LogP contribution in [-0.4, -0.2) is 49.6 Å². The lowest BCUT2D eigenvalue weighted by molar-refractivity contribution is 0.0513. The van der Waals surface area contributed by atoms with Gasteiger partial charge in [-0.25, -0.2) is 0 Å². The molecule has 0 bridgehead atoms. The predicted octanol–water partition coefficient (Wildman–Crippen LogP) is 2.25. The van der Waals surface area contributed by atoms with E-state index in [4.69, 9.17) is 9.47 Å². The van der Waals surface area contributed by atoms with Crippen molar-refractivity contribution in [3.8, 4) is 5.75 Å². The van der Waals surface area contributed by atoms with Gasteiger partial charge in [0.2, 0.25) is 0 Å². The maximum absolute atomic E-state index is 10.5. The van der Waals surface area contributed by atoms with Gasteiger partial charge in [0.25, 0.3) is 0 Å². The number of morpholine rings is 1. The van der Waals surface area contributed by atoms with Crippen LogP contribution in [0.15, 0.2) is 24.3 Å². The lowest BCUT2D eigenvalue weighted by Crippen LogP contribution is -2.51. The topological polar surface area (TPSA) is 62.8 Å². The summed E-state index contributed by atoms with van der Waals surface area (Å²) < 4.78 is 11.3. The maximum atomic E-state index is 10.5. The lowest BCUT2D eigenvalue weighted by Gasteiger charge is -2.33. The second kappa shape index (κ2) is 8.99. The third-order valence-electron chi connectivity index (χ3n) is 5.25. The van der Waals surface area contributed by atoms with E-state index in [1.54, 1.807) is 0 Å². The maximum Gasteiger partial charge on any atom is 0.119 e. The molecule has 1 heterocycles. The number of ether oxygens (including phenoxy) is 2. The summed E-state index contributed by atoms with van der Waals surface area (Å²) in [5.41, 5.74) is 0.928. The number of hydrogen-bond donors (Lipinski definition) is 3. The first-order chi connectivity index (χ1) is 12.1. The van der Waals surface area contributed by atoms with Crippen molar-refractivity contribution in [3.05, 3.63) is 29.8 Å². The van der Waals surface area contributed by atoms with Gasteiger partial charge in [0.05, 0.1) is 25.4 Å². The largest absolute Gasteiger partial charge is 0.491 e. The molecular formula is C20H32N2O3. The summed E-state index contributed by atoms with van der Waals surface area (Å²) in [4.78, 5) is 0. The molecule has 4 atom stereocenters. The Bertz CT molecular complexity index is 514. The Hall–Kier alpha value is -1.14. The highest BCUT2D eigenvalue weighted by molar-refractivity contribution is 5.28. The molecule has 1 saturated carbocycles. The van der Waals surface area contributed by atoms with Gasteiger partial charge in [-0.3, -0.25) is 0 Å². The van der Waals surface area contributed by atoms with Gasteiger partial charge in [-0.15, -0.1) is 0 Å². The van der Waals surface area contributed by atoms with Crippen LogP contribution in [0.3, 0.4) is 0 Å². The molecule has 0 spiro atoms. The van der Waals surface area contributed by atoms with Gasteiger partial charge in [0, 0.05) is 25.2 Å². The van der Waals surface area contributed by atoms with E-state index in [1.807, 2.05) is 38.1 Å². The first kappa shape index (κ1) is 18.6. The highest BCUT2D eigenvalue weighted by Crippen LogP contribution is 2.30. The fourth-order valence-corrected chi connectivity index (χ4v) is 4.01. The van der Waals surface area contributed by atoms with Crippen molar-refractivity contribution in [2.24, 2.45) is 5.92 Å². The summed E-state index contributed by atoms with van der Waals surface area (Å²) in [5.74, 6) is 1.44. The Morgan fingerprint density at radius 2 is 2.08 bits per heavy atom. The third-order valence-corrected chi connectivity index (χ3v) is 5.25. The molecule has 25 heavy (non-hydrogen) atoms. The SMILES string of the molecule is CC(C)Oc1ccc(C(O)CNC2CCCC2C2COCCN2)cc1. The molecule has 1 aromatic carbocycles. The zero-order chi connectivity index (χ0) is 17.6. The van der Waals surface area contributed by atoms with Crippen LogP contribution in [0.2, 0.25) is 0 Å². The second-order valence-electron chi connectivity index (χ2n) is 7.50. The van der Waals surface area contributed by atoms with Crippen molar-refractivity contribution < 1.29 is 14.6 Å².